The third-order valence-electron chi connectivity index (χ3n) is 6.09. The number of hydrogen-bond acceptors (Lipinski definition) is 3. The van der Waals surface area contributed by atoms with Gasteiger partial charge >= 0.3 is 6.18 Å². The SMILES string of the molecule is O=C1CC(N2CCC(Cc3ccccc3)CC2)C(=O)N1c1ccc(Cl)c(C(F)(F)F)c1. The zero-order valence-corrected chi connectivity index (χ0v) is 17.5. The first-order valence-electron chi connectivity index (χ1n) is 10.3. The molecule has 2 amide bonds. The number of carbonyl (C=O) groups is 2. The Morgan fingerprint density at radius 3 is 2.32 bits per heavy atom. The number of likely N-dealkylation sites (tertiary alicyclic amines) is 1. The summed E-state index contributed by atoms with van der Waals surface area (Å²) in [5.41, 5.74) is 0.132. The van der Waals surface area contributed by atoms with Crippen LogP contribution in [0.25, 0.3) is 0 Å². The second-order valence-electron chi connectivity index (χ2n) is 8.12. The maximum Gasteiger partial charge on any atom is 0.417 e. The van der Waals surface area contributed by atoms with Crippen LogP contribution in [-0.4, -0.2) is 35.8 Å². The van der Waals surface area contributed by atoms with E-state index in [1.807, 2.05) is 23.1 Å². The summed E-state index contributed by atoms with van der Waals surface area (Å²) in [6.07, 6.45) is -1.90. The molecular formula is C23H22ClF3N2O2. The minimum atomic E-state index is -4.67. The molecule has 2 heterocycles. The van der Waals surface area contributed by atoms with Crippen molar-refractivity contribution in [3.05, 3.63) is 64.7 Å². The van der Waals surface area contributed by atoms with Gasteiger partial charge in [-0.1, -0.05) is 41.9 Å². The van der Waals surface area contributed by atoms with Crippen LogP contribution in [-0.2, 0) is 22.2 Å². The molecule has 2 aromatic rings. The Kier molecular flexibility index (Phi) is 6.08. The second kappa shape index (κ2) is 8.63. The zero-order valence-electron chi connectivity index (χ0n) is 16.7. The Labute approximate surface area is 183 Å². The van der Waals surface area contributed by atoms with Gasteiger partial charge in [-0.25, -0.2) is 4.90 Å². The lowest BCUT2D eigenvalue weighted by Crippen LogP contribution is -2.46. The van der Waals surface area contributed by atoms with Crippen molar-refractivity contribution in [2.24, 2.45) is 5.92 Å². The normalized spacial score (nSPS) is 21.2. The van der Waals surface area contributed by atoms with Gasteiger partial charge in [-0.15, -0.1) is 0 Å². The first-order valence-corrected chi connectivity index (χ1v) is 10.6. The number of anilines is 1. The number of hydrogen-bond donors (Lipinski definition) is 0. The quantitative estimate of drug-likeness (QED) is 0.619. The van der Waals surface area contributed by atoms with Gasteiger partial charge in [0.1, 0.15) is 0 Å². The average Bonchev–Trinajstić information content (AvgIpc) is 3.03. The Morgan fingerprint density at radius 2 is 1.68 bits per heavy atom. The number of amides is 2. The van der Waals surface area contributed by atoms with Crippen LogP contribution in [0.15, 0.2) is 48.5 Å². The highest BCUT2D eigenvalue weighted by molar-refractivity contribution is 6.31. The molecule has 1 atom stereocenters. The molecule has 0 aliphatic carbocycles. The van der Waals surface area contributed by atoms with Crippen molar-refractivity contribution in [1.29, 1.82) is 0 Å². The Bertz CT molecular complexity index is 973. The molecule has 1 unspecified atom stereocenters. The van der Waals surface area contributed by atoms with Crippen LogP contribution >= 0.6 is 11.6 Å². The van der Waals surface area contributed by atoms with Crippen LogP contribution in [0.3, 0.4) is 0 Å². The predicted octanol–water partition coefficient (Wildman–Crippen LogP) is 4.95. The third kappa shape index (κ3) is 4.62. The van der Waals surface area contributed by atoms with Crippen LogP contribution in [0, 0.1) is 5.92 Å². The molecule has 2 aliphatic heterocycles. The minimum absolute atomic E-state index is 0.0217. The number of imide groups is 1. The molecule has 31 heavy (non-hydrogen) atoms. The maximum absolute atomic E-state index is 13.2. The van der Waals surface area contributed by atoms with E-state index in [2.05, 4.69) is 12.1 Å². The molecule has 2 saturated heterocycles. The second-order valence-corrected chi connectivity index (χ2v) is 8.53. The van der Waals surface area contributed by atoms with Crippen LogP contribution in [0.4, 0.5) is 18.9 Å². The summed E-state index contributed by atoms with van der Waals surface area (Å²) in [6, 6.07) is 12.7. The molecule has 0 bridgehead atoms. The number of alkyl halides is 3. The summed E-state index contributed by atoms with van der Waals surface area (Å²) >= 11 is 5.67. The van der Waals surface area contributed by atoms with Crippen molar-refractivity contribution >= 4 is 29.1 Å². The van der Waals surface area contributed by atoms with E-state index in [9.17, 15) is 22.8 Å². The Balaban J connectivity index is 1.43. The minimum Gasteiger partial charge on any atom is -0.292 e. The number of piperidine rings is 1. The average molecular weight is 451 g/mol. The Morgan fingerprint density at radius 1 is 1.00 bits per heavy atom. The van der Waals surface area contributed by atoms with Gasteiger partial charge in [0.2, 0.25) is 5.91 Å². The molecule has 164 valence electrons. The van der Waals surface area contributed by atoms with Gasteiger partial charge in [0.05, 0.1) is 28.7 Å². The summed E-state index contributed by atoms with van der Waals surface area (Å²) in [4.78, 5) is 28.4. The Hall–Kier alpha value is -2.38. The van der Waals surface area contributed by atoms with E-state index in [0.29, 0.717) is 19.0 Å². The number of rotatable bonds is 4. The van der Waals surface area contributed by atoms with Crippen LogP contribution in [0.1, 0.15) is 30.4 Å². The van der Waals surface area contributed by atoms with Gasteiger partial charge in [-0.3, -0.25) is 14.5 Å². The van der Waals surface area contributed by atoms with Crippen LogP contribution in [0.5, 0.6) is 0 Å². The number of halogens is 4. The highest BCUT2D eigenvalue weighted by Gasteiger charge is 2.44. The molecule has 0 N–H and O–H groups in total. The van der Waals surface area contributed by atoms with Crippen molar-refractivity contribution in [3.8, 4) is 0 Å². The highest BCUT2D eigenvalue weighted by Crippen LogP contribution is 2.38. The van der Waals surface area contributed by atoms with Gasteiger partial charge in [0.15, 0.2) is 0 Å². The summed E-state index contributed by atoms with van der Waals surface area (Å²) in [7, 11) is 0. The van der Waals surface area contributed by atoms with Crippen molar-refractivity contribution in [3.63, 3.8) is 0 Å². The monoisotopic (exact) mass is 450 g/mol. The smallest absolute Gasteiger partial charge is 0.292 e. The lowest BCUT2D eigenvalue weighted by molar-refractivity contribution is -0.137. The largest absolute Gasteiger partial charge is 0.417 e. The van der Waals surface area contributed by atoms with E-state index in [1.165, 1.54) is 11.6 Å². The fourth-order valence-electron chi connectivity index (χ4n) is 4.46. The number of carbonyl (C=O) groups excluding carboxylic acids is 2. The van der Waals surface area contributed by atoms with Gasteiger partial charge in [-0.2, -0.15) is 13.2 Å². The lowest BCUT2D eigenvalue weighted by atomic mass is 9.89. The molecule has 0 spiro atoms. The first kappa shape index (κ1) is 21.8. The third-order valence-corrected chi connectivity index (χ3v) is 6.42. The molecule has 2 fully saturated rings. The van der Waals surface area contributed by atoms with Crippen molar-refractivity contribution in [2.75, 3.05) is 18.0 Å². The van der Waals surface area contributed by atoms with E-state index in [0.717, 1.165) is 36.3 Å². The standard InChI is InChI=1S/C23H22ClF3N2O2/c24-19-7-6-17(13-18(19)23(25,26)27)29-21(30)14-20(22(29)31)28-10-8-16(9-11-28)12-15-4-2-1-3-5-15/h1-7,13,16,20H,8-12,14H2. The van der Waals surface area contributed by atoms with E-state index in [1.54, 1.807) is 0 Å². The summed E-state index contributed by atoms with van der Waals surface area (Å²) < 4.78 is 39.6. The van der Waals surface area contributed by atoms with E-state index in [4.69, 9.17) is 11.6 Å². The van der Waals surface area contributed by atoms with Crippen LogP contribution < -0.4 is 4.90 Å². The molecule has 2 aromatic carbocycles. The fraction of sp³-hybridized carbons (Fsp3) is 0.391. The summed E-state index contributed by atoms with van der Waals surface area (Å²) in [5.74, 6) is -0.452. The summed E-state index contributed by atoms with van der Waals surface area (Å²) in [5, 5.41) is -0.465. The topological polar surface area (TPSA) is 40.6 Å². The van der Waals surface area contributed by atoms with E-state index >= 15 is 0 Å². The van der Waals surface area contributed by atoms with Gasteiger partial charge < -0.3 is 0 Å². The molecule has 4 nitrogen and oxygen atoms in total. The fourth-order valence-corrected chi connectivity index (χ4v) is 4.68. The molecule has 0 saturated carbocycles. The molecule has 0 aromatic heterocycles. The molecular weight excluding hydrogens is 429 g/mol. The predicted molar refractivity (Wildman–Crippen MR) is 112 cm³/mol. The van der Waals surface area contributed by atoms with Crippen LogP contribution in [0.2, 0.25) is 5.02 Å². The highest BCUT2D eigenvalue weighted by atomic mass is 35.5. The van der Waals surface area contributed by atoms with Gasteiger partial charge in [-0.05, 0) is 62.0 Å². The first-order chi connectivity index (χ1) is 14.7. The van der Waals surface area contributed by atoms with Gasteiger partial charge in [0, 0.05) is 0 Å². The summed E-state index contributed by atoms with van der Waals surface area (Å²) in [6.45, 7) is 1.37. The van der Waals surface area contributed by atoms with E-state index in [-0.39, 0.29) is 12.1 Å². The number of benzene rings is 2. The number of nitrogens with zero attached hydrogens (tertiary/aromatic N) is 2. The molecule has 8 heteroatoms. The molecule has 0 radical (unpaired) electrons. The van der Waals surface area contributed by atoms with Crippen molar-refractivity contribution < 1.29 is 22.8 Å². The zero-order chi connectivity index (χ0) is 22.2. The molecule has 2 aliphatic rings. The maximum atomic E-state index is 13.2. The van der Waals surface area contributed by atoms with Crippen molar-refractivity contribution in [1.82, 2.24) is 4.90 Å². The lowest BCUT2D eigenvalue weighted by Gasteiger charge is -2.34. The van der Waals surface area contributed by atoms with Crippen molar-refractivity contribution in [2.45, 2.75) is 37.9 Å². The molecule has 4 rings (SSSR count). The van der Waals surface area contributed by atoms with Gasteiger partial charge in [0.25, 0.3) is 5.91 Å². The van der Waals surface area contributed by atoms with E-state index < -0.39 is 34.6 Å².